The van der Waals surface area contributed by atoms with E-state index in [1.54, 1.807) is 4.57 Å². The lowest BCUT2D eigenvalue weighted by atomic mass is 10.2. The molecule has 3 aromatic rings. The van der Waals surface area contributed by atoms with E-state index < -0.39 is 0 Å². The second-order valence-electron chi connectivity index (χ2n) is 4.72. The molecule has 1 N–H and O–H groups in total. The predicted octanol–water partition coefficient (Wildman–Crippen LogP) is 3.51. The topological polar surface area (TPSA) is 47.0 Å². The van der Waals surface area contributed by atoms with E-state index >= 15 is 0 Å². The van der Waals surface area contributed by atoms with Crippen LogP contribution in [0.15, 0.2) is 40.5 Å². The molecule has 0 atom stereocenters. The van der Waals surface area contributed by atoms with Gasteiger partial charge >= 0.3 is 0 Å². The first-order valence-corrected chi connectivity index (χ1v) is 7.84. The Morgan fingerprint density at radius 1 is 1.38 bits per heavy atom. The highest BCUT2D eigenvalue weighted by atomic mass is 32.1. The number of fused-ring (bicyclic) bond motifs is 1. The number of aryl methyl sites for hydroxylation is 1. The summed E-state index contributed by atoms with van der Waals surface area (Å²) in [7, 11) is 0. The molecule has 0 saturated carbocycles. The van der Waals surface area contributed by atoms with Crippen LogP contribution < -0.4 is 10.3 Å². The van der Waals surface area contributed by atoms with Crippen molar-refractivity contribution in [3.8, 4) is 5.75 Å². The zero-order valence-electron chi connectivity index (χ0n) is 11.5. The average Bonchev–Trinajstić information content (AvgIpc) is 2.91. The molecule has 2 heterocycles. The summed E-state index contributed by atoms with van der Waals surface area (Å²) in [6, 6.07) is 9.69. The van der Waals surface area contributed by atoms with Crippen LogP contribution in [-0.2, 0) is 6.54 Å². The van der Waals surface area contributed by atoms with Gasteiger partial charge in [0.15, 0.2) is 4.77 Å². The first-order chi connectivity index (χ1) is 10.1. The summed E-state index contributed by atoms with van der Waals surface area (Å²) in [6.45, 7) is 2.84. The van der Waals surface area contributed by atoms with Gasteiger partial charge in [-0.15, -0.1) is 11.3 Å². The van der Waals surface area contributed by atoms with Gasteiger partial charge < -0.3 is 9.72 Å². The van der Waals surface area contributed by atoms with Crippen LogP contribution in [0.1, 0.15) is 5.56 Å². The van der Waals surface area contributed by atoms with Crippen molar-refractivity contribution >= 4 is 33.8 Å². The normalized spacial score (nSPS) is 10.9. The molecule has 0 aliphatic carbocycles. The van der Waals surface area contributed by atoms with E-state index in [-0.39, 0.29) is 5.56 Å². The van der Waals surface area contributed by atoms with E-state index in [1.807, 2.05) is 42.6 Å². The quantitative estimate of drug-likeness (QED) is 0.749. The van der Waals surface area contributed by atoms with Crippen LogP contribution in [0.3, 0.4) is 0 Å². The lowest BCUT2D eigenvalue weighted by molar-refractivity contribution is 0.295. The van der Waals surface area contributed by atoms with E-state index in [4.69, 9.17) is 17.0 Å². The maximum Gasteiger partial charge on any atom is 0.272 e. The Bertz CT molecular complexity index is 892. The lowest BCUT2D eigenvalue weighted by Crippen LogP contribution is -2.24. The van der Waals surface area contributed by atoms with E-state index in [9.17, 15) is 4.79 Å². The van der Waals surface area contributed by atoms with Crippen LogP contribution in [0, 0.1) is 11.7 Å². The number of hydrogen-bond donors (Lipinski definition) is 1. The van der Waals surface area contributed by atoms with Crippen molar-refractivity contribution in [2.45, 2.75) is 13.5 Å². The molecular weight excluding hydrogens is 304 g/mol. The first-order valence-electron chi connectivity index (χ1n) is 6.55. The van der Waals surface area contributed by atoms with E-state index in [0.717, 1.165) is 16.8 Å². The molecule has 108 valence electrons. The Labute approximate surface area is 130 Å². The van der Waals surface area contributed by atoms with Crippen LogP contribution in [0.25, 0.3) is 10.2 Å². The van der Waals surface area contributed by atoms with Gasteiger partial charge in [-0.1, -0.05) is 12.1 Å². The van der Waals surface area contributed by atoms with Gasteiger partial charge in [0.1, 0.15) is 17.1 Å². The molecule has 3 rings (SSSR count). The Morgan fingerprint density at radius 3 is 3.05 bits per heavy atom. The van der Waals surface area contributed by atoms with Crippen molar-refractivity contribution in [3.63, 3.8) is 0 Å². The molecule has 0 aliphatic heterocycles. The van der Waals surface area contributed by atoms with Crippen LogP contribution in [0.2, 0.25) is 0 Å². The molecular formula is C15H14N2O2S2. The largest absolute Gasteiger partial charge is 0.492 e. The number of benzene rings is 1. The zero-order chi connectivity index (χ0) is 14.8. The van der Waals surface area contributed by atoms with Crippen LogP contribution >= 0.6 is 23.6 Å². The third kappa shape index (κ3) is 2.91. The smallest absolute Gasteiger partial charge is 0.272 e. The van der Waals surface area contributed by atoms with Crippen molar-refractivity contribution < 1.29 is 4.74 Å². The van der Waals surface area contributed by atoms with Gasteiger partial charge in [0.2, 0.25) is 0 Å². The van der Waals surface area contributed by atoms with Crippen molar-refractivity contribution in [2.75, 3.05) is 6.61 Å². The van der Waals surface area contributed by atoms with Crippen LogP contribution in [0.4, 0.5) is 0 Å². The highest BCUT2D eigenvalue weighted by molar-refractivity contribution is 7.71. The molecule has 0 aliphatic rings. The fourth-order valence-corrected chi connectivity index (χ4v) is 3.22. The first kappa shape index (κ1) is 14.0. The van der Waals surface area contributed by atoms with Crippen LogP contribution in [0.5, 0.6) is 5.75 Å². The maximum atomic E-state index is 12.3. The monoisotopic (exact) mass is 318 g/mol. The summed E-state index contributed by atoms with van der Waals surface area (Å²) in [4.78, 5) is 15.4. The molecule has 0 amide bonds. The fraction of sp³-hybridized carbons (Fsp3) is 0.200. The molecule has 4 nitrogen and oxygen atoms in total. The average molecular weight is 318 g/mol. The Morgan fingerprint density at radius 2 is 2.24 bits per heavy atom. The minimum Gasteiger partial charge on any atom is -0.492 e. The molecule has 0 fully saturated rings. The van der Waals surface area contributed by atoms with Gasteiger partial charge in [-0.05, 0) is 48.3 Å². The maximum absolute atomic E-state index is 12.3. The lowest BCUT2D eigenvalue weighted by Gasteiger charge is -2.09. The van der Waals surface area contributed by atoms with E-state index in [1.165, 1.54) is 11.3 Å². The minimum absolute atomic E-state index is 0.0587. The number of ether oxygens (including phenoxy) is 1. The van der Waals surface area contributed by atoms with Gasteiger partial charge in [0.25, 0.3) is 5.56 Å². The van der Waals surface area contributed by atoms with Crippen LogP contribution in [-0.4, -0.2) is 16.2 Å². The number of hydrogen-bond acceptors (Lipinski definition) is 4. The summed E-state index contributed by atoms with van der Waals surface area (Å²) >= 11 is 6.66. The van der Waals surface area contributed by atoms with E-state index in [0.29, 0.717) is 22.6 Å². The van der Waals surface area contributed by atoms with Gasteiger partial charge in [-0.2, -0.15) is 0 Å². The van der Waals surface area contributed by atoms with Gasteiger partial charge in [-0.25, -0.2) is 0 Å². The molecule has 0 radical (unpaired) electrons. The van der Waals surface area contributed by atoms with Gasteiger partial charge in [0, 0.05) is 0 Å². The van der Waals surface area contributed by atoms with Crippen molar-refractivity contribution in [1.29, 1.82) is 0 Å². The summed E-state index contributed by atoms with van der Waals surface area (Å²) in [5.41, 5.74) is 1.88. The number of thiophene rings is 1. The number of aromatic amines is 1. The minimum atomic E-state index is -0.0587. The predicted molar refractivity (Wildman–Crippen MR) is 87.9 cm³/mol. The van der Waals surface area contributed by atoms with Crippen molar-refractivity contribution in [1.82, 2.24) is 9.55 Å². The SMILES string of the molecule is Cc1cccc(OCCn2c(=S)[nH]c3ccsc3c2=O)c1. The molecule has 0 saturated heterocycles. The van der Waals surface area contributed by atoms with E-state index in [2.05, 4.69) is 4.98 Å². The summed E-state index contributed by atoms with van der Waals surface area (Å²) in [5.74, 6) is 0.801. The molecule has 21 heavy (non-hydrogen) atoms. The summed E-state index contributed by atoms with van der Waals surface area (Å²) < 4.78 is 8.35. The van der Waals surface area contributed by atoms with Gasteiger partial charge in [0.05, 0.1) is 12.1 Å². The standard InChI is InChI=1S/C15H14N2O2S2/c1-10-3-2-4-11(9-10)19-7-6-17-14(18)13-12(5-8-21-13)16-15(17)20/h2-5,8-9H,6-7H2,1H3,(H,16,20). The zero-order valence-corrected chi connectivity index (χ0v) is 13.1. The molecule has 2 aromatic heterocycles. The molecule has 1 aromatic carbocycles. The third-order valence-corrected chi connectivity index (χ3v) is 4.39. The fourth-order valence-electron chi connectivity index (χ4n) is 2.13. The third-order valence-electron chi connectivity index (χ3n) is 3.16. The molecule has 0 unspecified atom stereocenters. The van der Waals surface area contributed by atoms with Gasteiger partial charge in [-0.3, -0.25) is 9.36 Å². The number of H-pyrrole nitrogens is 1. The number of nitrogens with one attached hydrogen (secondary N) is 1. The molecule has 0 spiro atoms. The van der Waals surface area contributed by atoms with Crippen molar-refractivity contribution in [3.05, 3.63) is 56.4 Å². The molecule has 0 bridgehead atoms. The number of nitrogens with zero attached hydrogens (tertiary/aromatic N) is 1. The number of aromatic nitrogens is 2. The van der Waals surface area contributed by atoms with Crippen molar-refractivity contribution in [2.24, 2.45) is 0 Å². The Kier molecular flexibility index (Phi) is 3.90. The highest BCUT2D eigenvalue weighted by Gasteiger charge is 2.06. The molecule has 6 heteroatoms. The highest BCUT2D eigenvalue weighted by Crippen LogP contribution is 2.14. The number of rotatable bonds is 4. The Hall–Kier alpha value is -1.92. The summed E-state index contributed by atoms with van der Waals surface area (Å²) in [6.07, 6.45) is 0. The second-order valence-corrected chi connectivity index (χ2v) is 6.02. The second kappa shape index (κ2) is 5.83. The Balaban J connectivity index is 1.79. The summed E-state index contributed by atoms with van der Waals surface area (Å²) in [5, 5.41) is 1.88.